The molecule has 2 aliphatic rings. The van der Waals surface area contributed by atoms with Crippen LogP contribution in [0.5, 0.6) is 0 Å². The predicted molar refractivity (Wildman–Crippen MR) is 72.3 cm³/mol. The minimum atomic E-state index is 0.727. The lowest BCUT2D eigenvalue weighted by Gasteiger charge is -2.48. The van der Waals surface area contributed by atoms with E-state index in [1.54, 1.807) is 0 Å². The van der Waals surface area contributed by atoms with Crippen molar-refractivity contribution < 1.29 is 0 Å². The highest BCUT2D eigenvalue weighted by molar-refractivity contribution is 5.06. The Labute approximate surface area is 109 Å². The standard InChI is InChI=1S/C14H24N4/c1-15-12-6-13-4-3-5-14(7-12)18(13)10-11-8-16-17(2)9-11/h8-9,12-15H,3-7,10H2,1-2H3. The number of nitrogens with one attached hydrogen (secondary N) is 1. The van der Waals surface area contributed by atoms with Crippen molar-refractivity contribution in [3.8, 4) is 0 Å². The van der Waals surface area contributed by atoms with E-state index in [0.717, 1.165) is 24.7 Å². The average Bonchev–Trinajstić information content (AvgIpc) is 2.74. The lowest BCUT2D eigenvalue weighted by Crippen LogP contribution is -2.55. The molecule has 0 saturated carbocycles. The van der Waals surface area contributed by atoms with Gasteiger partial charge in [-0.3, -0.25) is 9.58 Å². The van der Waals surface area contributed by atoms with Crippen molar-refractivity contribution >= 4 is 0 Å². The van der Waals surface area contributed by atoms with Gasteiger partial charge >= 0.3 is 0 Å². The van der Waals surface area contributed by atoms with E-state index in [2.05, 4.69) is 28.6 Å². The lowest BCUT2D eigenvalue weighted by atomic mass is 9.81. The van der Waals surface area contributed by atoms with Gasteiger partial charge in [-0.05, 0) is 32.7 Å². The summed E-state index contributed by atoms with van der Waals surface area (Å²) in [6.45, 7) is 1.08. The summed E-state index contributed by atoms with van der Waals surface area (Å²) in [7, 11) is 4.11. The van der Waals surface area contributed by atoms with E-state index in [0.29, 0.717) is 0 Å². The Bertz CT molecular complexity index is 386. The van der Waals surface area contributed by atoms with Gasteiger partial charge in [0.2, 0.25) is 0 Å². The Morgan fingerprint density at radius 3 is 2.61 bits per heavy atom. The van der Waals surface area contributed by atoms with Gasteiger partial charge < -0.3 is 5.32 Å². The lowest BCUT2D eigenvalue weighted by molar-refractivity contribution is 0.0190. The van der Waals surface area contributed by atoms with Gasteiger partial charge in [0.1, 0.15) is 0 Å². The van der Waals surface area contributed by atoms with Crippen LogP contribution in [-0.4, -0.2) is 39.9 Å². The second-order valence-electron chi connectivity index (χ2n) is 5.89. The van der Waals surface area contributed by atoms with Gasteiger partial charge in [-0.2, -0.15) is 5.10 Å². The van der Waals surface area contributed by atoms with Gasteiger partial charge in [0.15, 0.2) is 0 Å². The summed E-state index contributed by atoms with van der Waals surface area (Å²) in [5, 5.41) is 7.76. The summed E-state index contributed by atoms with van der Waals surface area (Å²) in [4.78, 5) is 2.73. The second-order valence-corrected chi connectivity index (χ2v) is 5.89. The zero-order valence-electron chi connectivity index (χ0n) is 11.5. The Hall–Kier alpha value is -0.870. The highest BCUT2D eigenvalue weighted by atomic mass is 15.3. The van der Waals surface area contributed by atoms with Crippen LogP contribution in [0.4, 0.5) is 0 Å². The van der Waals surface area contributed by atoms with Crippen LogP contribution in [0.15, 0.2) is 12.4 Å². The van der Waals surface area contributed by atoms with Crippen LogP contribution in [0.25, 0.3) is 0 Å². The smallest absolute Gasteiger partial charge is 0.0534 e. The number of nitrogens with zero attached hydrogens (tertiary/aromatic N) is 3. The number of aromatic nitrogens is 2. The molecule has 0 spiro atoms. The number of aryl methyl sites for hydroxylation is 1. The van der Waals surface area contributed by atoms with Gasteiger partial charge in [-0.1, -0.05) is 6.42 Å². The van der Waals surface area contributed by atoms with Crippen LogP contribution in [0.3, 0.4) is 0 Å². The van der Waals surface area contributed by atoms with Gasteiger partial charge in [0.05, 0.1) is 6.20 Å². The largest absolute Gasteiger partial charge is 0.317 e. The molecule has 3 heterocycles. The normalized spacial score (nSPS) is 32.7. The summed E-state index contributed by atoms with van der Waals surface area (Å²) < 4.78 is 1.91. The zero-order chi connectivity index (χ0) is 12.5. The highest BCUT2D eigenvalue weighted by Crippen LogP contribution is 2.34. The molecular weight excluding hydrogens is 224 g/mol. The van der Waals surface area contributed by atoms with Crippen molar-refractivity contribution in [1.82, 2.24) is 20.0 Å². The molecule has 2 aliphatic heterocycles. The third-order valence-electron chi connectivity index (χ3n) is 4.66. The zero-order valence-corrected chi connectivity index (χ0v) is 11.5. The van der Waals surface area contributed by atoms with Gasteiger partial charge in [0, 0.05) is 43.5 Å². The van der Waals surface area contributed by atoms with E-state index in [9.17, 15) is 0 Å². The Kier molecular flexibility index (Phi) is 3.39. The van der Waals surface area contributed by atoms with Crippen molar-refractivity contribution in [1.29, 1.82) is 0 Å². The van der Waals surface area contributed by atoms with E-state index >= 15 is 0 Å². The number of hydrogen-bond acceptors (Lipinski definition) is 3. The fourth-order valence-electron chi connectivity index (χ4n) is 3.74. The maximum Gasteiger partial charge on any atom is 0.0534 e. The molecule has 100 valence electrons. The van der Waals surface area contributed by atoms with Crippen LogP contribution < -0.4 is 5.32 Å². The summed E-state index contributed by atoms with van der Waals surface area (Å²) in [6, 6.07) is 2.27. The SMILES string of the molecule is CNC1CC2CCCC(C1)N2Cc1cnn(C)c1. The molecule has 3 rings (SSSR count). The van der Waals surface area contributed by atoms with E-state index in [1.165, 1.54) is 37.7 Å². The number of piperidine rings is 2. The molecule has 2 bridgehead atoms. The fourth-order valence-corrected chi connectivity index (χ4v) is 3.74. The van der Waals surface area contributed by atoms with Crippen molar-refractivity contribution in [3.05, 3.63) is 18.0 Å². The van der Waals surface area contributed by atoms with E-state index < -0.39 is 0 Å². The molecule has 0 radical (unpaired) electrons. The van der Waals surface area contributed by atoms with Crippen LogP contribution in [0.1, 0.15) is 37.7 Å². The minimum absolute atomic E-state index is 0.727. The van der Waals surface area contributed by atoms with Gasteiger partial charge in [0.25, 0.3) is 0 Å². The number of hydrogen-bond donors (Lipinski definition) is 1. The first-order chi connectivity index (χ1) is 8.76. The molecule has 4 heteroatoms. The van der Waals surface area contributed by atoms with Crippen molar-refractivity contribution in [2.45, 2.75) is 56.8 Å². The molecule has 0 amide bonds. The third kappa shape index (κ3) is 2.31. The predicted octanol–water partition coefficient (Wildman–Crippen LogP) is 1.52. The first kappa shape index (κ1) is 12.2. The summed E-state index contributed by atoms with van der Waals surface area (Å²) >= 11 is 0. The maximum atomic E-state index is 4.28. The molecule has 2 unspecified atom stereocenters. The number of rotatable bonds is 3. The van der Waals surface area contributed by atoms with E-state index in [1.807, 2.05) is 17.9 Å². The summed E-state index contributed by atoms with van der Waals surface area (Å²) in [5.74, 6) is 0. The minimum Gasteiger partial charge on any atom is -0.317 e. The van der Waals surface area contributed by atoms with Gasteiger partial charge in [-0.15, -0.1) is 0 Å². The van der Waals surface area contributed by atoms with Crippen molar-refractivity contribution in [2.75, 3.05) is 7.05 Å². The molecule has 2 saturated heterocycles. The van der Waals surface area contributed by atoms with Crippen molar-refractivity contribution in [2.24, 2.45) is 7.05 Å². The van der Waals surface area contributed by atoms with Crippen molar-refractivity contribution in [3.63, 3.8) is 0 Å². The molecule has 1 aromatic rings. The second kappa shape index (κ2) is 5.02. The molecule has 4 nitrogen and oxygen atoms in total. The fraction of sp³-hybridized carbons (Fsp3) is 0.786. The van der Waals surface area contributed by atoms with Gasteiger partial charge in [-0.25, -0.2) is 0 Å². The highest BCUT2D eigenvalue weighted by Gasteiger charge is 2.37. The van der Waals surface area contributed by atoms with Crippen LogP contribution >= 0.6 is 0 Å². The molecule has 2 atom stereocenters. The third-order valence-corrected chi connectivity index (χ3v) is 4.66. The Morgan fingerprint density at radius 1 is 1.33 bits per heavy atom. The van der Waals surface area contributed by atoms with E-state index in [-0.39, 0.29) is 0 Å². The summed E-state index contributed by atoms with van der Waals surface area (Å²) in [6.07, 6.45) is 10.9. The Morgan fingerprint density at radius 2 is 2.06 bits per heavy atom. The molecule has 0 aromatic carbocycles. The molecule has 18 heavy (non-hydrogen) atoms. The van der Waals surface area contributed by atoms with E-state index in [4.69, 9.17) is 0 Å². The maximum absolute atomic E-state index is 4.28. The topological polar surface area (TPSA) is 33.1 Å². The average molecular weight is 248 g/mol. The molecular formula is C14H24N4. The monoisotopic (exact) mass is 248 g/mol. The van der Waals surface area contributed by atoms with Crippen LogP contribution in [0, 0.1) is 0 Å². The van der Waals surface area contributed by atoms with Crippen LogP contribution in [-0.2, 0) is 13.6 Å². The summed E-state index contributed by atoms with van der Waals surface area (Å²) in [5.41, 5.74) is 1.36. The Balaban J connectivity index is 1.71. The quantitative estimate of drug-likeness (QED) is 0.880. The first-order valence-corrected chi connectivity index (χ1v) is 7.17. The first-order valence-electron chi connectivity index (χ1n) is 7.17. The number of fused-ring (bicyclic) bond motifs is 2. The molecule has 2 fully saturated rings. The van der Waals surface area contributed by atoms with Crippen LogP contribution in [0.2, 0.25) is 0 Å². The molecule has 0 aliphatic carbocycles. The molecule has 1 N–H and O–H groups in total. The molecule has 1 aromatic heterocycles.